The Morgan fingerprint density at radius 2 is 1.95 bits per heavy atom. The van der Waals surface area contributed by atoms with Crippen molar-refractivity contribution in [2.24, 2.45) is 12.8 Å². The van der Waals surface area contributed by atoms with E-state index in [1.54, 1.807) is 4.68 Å². The SMILES string of the molecule is CCc1ccc(Oc2c(CC(C)N)c(C)nn2C)cc1. The Morgan fingerprint density at radius 3 is 2.50 bits per heavy atom. The molecule has 4 heteroatoms. The second-order valence-electron chi connectivity index (χ2n) is 5.27. The highest BCUT2D eigenvalue weighted by atomic mass is 16.5. The fourth-order valence-electron chi connectivity index (χ4n) is 2.27. The Morgan fingerprint density at radius 1 is 1.30 bits per heavy atom. The van der Waals surface area contributed by atoms with Crippen LogP contribution in [-0.2, 0) is 19.9 Å². The molecule has 0 saturated carbocycles. The summed E-state index contributed by atoms with van der Waals surface area (Å²) < 4.78 is 7.78. The summed E-state index contributed by atoms with van der Waals surface area (Å²) in [5.74, 6) is 1.61. The van der Waals surface area contributed by atoms with Crippen LogP contribution in [0.1, 0.15) is 30.7 Å². The van der Waals surface area contributed by atoms with Crippen LogP contribution in [-0.4, -0.2) is 15.8 Å². The lowest BCUT2D eigenvalue weighted by atomic mass is 10.1. The molecule has 0 aliphatic heterocycles. The van der Waals surface area contributed by atoms with E-state index in [2.05, 4.69) is 24.2 Å². The predicted molar refractivity (Wildman–Crippen MR) is 81.2 cm³/mol. The van der Waals surface area contributed by atoms with Gasteiger partial charge in [-0.05, 0) is 44.4 Å². The first-order valence-corrected chi connectivity index (χ1v) is 7.06. The number of nitrogens with two attached hydrogens (primary N) is 1. The Bertz CT molecular complexity index is 570. The molecule has 20 heavy (non-hydrogen) atoms. The third-order valence-electron chi connectivity index (χ3n) is 3.36. The lowest BCUT2D eigenvalue weighted by Gasteiger charge is -2.10. The van der Waals surface area contributed by atoms with E-state index >= 15 is 0 Å². The van der Waals surface area contributed by atoms with Gasteiger partial charge in [0.1, 0.15) is 5.75 Å². The van der Waals surface area contributed by atoms with Crippen molar-refractivity contribution < 1.29 is 4.74 Å². The molecule has 0 amide bonds. The lowest BCUT2D eigenvalue weighted by Crippen LogP contribution is -2.18. The van der Waals surface area contributed by atoms with Crippen molar-refractivity contribution in [1.82, 2.24) is 9.78 Å². The zero-order valence-corrected chi connectivity index (χ0v) is 12.7. The van der Waals surface area contributed by atoms with Gasteiger partial charge in [-0.3, -0.25) is 0 Å². The van der Waals surface area contributed by atoms with Crippen molar-refractivity contribution in [2.45, 2.75) is 39.7 Å². The van der Waals surface area contributed by atoms with Crippen molar-refractivity contribution in [1.29, 1.82) is 0 Å². The highest BCUT2D eigenvalue weighted by Gasteiger charge is 2.16. The van der Waals surface area contributed by atoms with E-state index in [9.17, 15) is 0 Å². The van der Waals surface area contributed by atoms with Crippen LogP contribution in [0.2, 0.25) is 0 Å². The van der Waals surface area contributed by atoms with E-state index in [4.69, 9.17) is 10.5 Å². The largest absolute Gasteiger partial charge is 0.439 e. The maximum absolute atomic E-state index is 6.01. The third-order valence-corrected chi connectivity index (χ3v) is 3.36. The summed E-state index contributed by atoms with van der Waals surface area (Å²) >= 11 is 0. The van der Waals surface area contributed by atoms with E-state index in [1.165, 1.54) is 5.56 Å². The van der Waals surface area contributed by atoms with Crippen molar-refractivity contribution >= 4 is 0 Å². The second kappa shape index (κ2) is 6.09. The van der Waals surface area contributed by atoms with Gasteiger partial charge in [-0.1, -0.05) is 19.1 Å². The first-order chi connectivity index (χ1) is 9.51. The first kappa shape index (κ1) is 14.6. The van der Waals surface area contributed by atoms with Gasteiger partial charge < -0.3 is 10.5 Å². The number of hydrogen-bond acceptors (Lipinski definition) is 3. The molecule has 4 nitrogen and oxygen atoms in total. The molecule has 2 aromatic rings. The van der Waals surface area contributed by atoms with E-state index in [0.29, 0.717) is 0 Å². The molecule has 0 radical (unpaired) electrons. The summed E-state index contributed by atoms with van der Waals surface area (Å²) in [5.41, 5.74) is 9.27. The van der Waals surface area contributed by atoms with Gasteiger partial charge in [-0.25, -0.2) is 4.68 Å². The standard InChI is InChI=1S/C16H23N3O/c1-5-13-6-8-14(9-7-13)20-16-15(10-11(2)17)12(3)18-19(16)4/h6-9,11H,5,10,17H2,1-4H3. The van der Waals surface area contributed by atoms with Crippen molar-refractivity contribution in [3.63, 3.8) is 0 Å². The molecular formula is C16H23N3O. The van der Waals surface area contributed by atoms with Crippen LogP contribution in [0.25, 0.3) is 0 Å². The molecule has 0 saturated heterocycles. The molecule has 1 aromatic carbocycles. The number of nitrogens with zero attached hydrogens (tertiary/aromatic N) is 2. The van der Waals surface area contributed by atoms with Crippen LogP contribution in [0.5, 0.6) is 11.6 Å². The van der Waals surface area contributed by atoms with Crippen LogP contribution >= 0.6 is 0 Å². The Kier molecular flexibility index (Phi) is 4.45. The molecule has 0 aliphatic rings. The molecule has 2 rings (SSSR count). The average molecular weight is 273 g/mol. The zero-order valence-electron chi connectivity index (χ0n) is 12.7. The summed E-state index contributed by atoms with van der Waals surface area (Å²) in [7, 11) is 1.90. The van der Waals surface area contributed by atoms with Crippen molar-refractivity contribution in [3.05, 3.63) is 41.1 Å². The van der Waals surface area contributed by atoms with Gasteiger partial charge in [0.15, 0.2) is 0 Å². The van der Waals surface area contributed by atoms with Crippen LogP contribution in [0, 0.1) is 6.92 Å². The minimum Gasteiger partial charge on any atom is -0.439 e. The summed E-state index contributed by atoms with van der Waals surface area (Å²) in [6.07, 6.45) is 1.79. The van der Waals surface area contributed by atoms with Crippen LogP contribution < -0.4 is 10.5 Å². The first-order valence-electron chi connectivity index (χ1n) is 7.06. The number of ether oxygens (including phenoxy) is 1. The Hall–Kier alpha value is -1.81. The van der Waals surface area contributed by atoms with E-state index in [0.717, 1.165) is 35.7 Å². The number of hydrogen-bond donors (Lipinski definition) is 1. The Labute approximate surface area is 120 Å². The fraction of sp³-hybridized carbons (Fsp3) is 0.438. The van der Waals surface area contributed by atoms with Crippen molar-refractivity contribution in [2.75, 3.05) is 0 Å². The van der Waals surface area contributed by atoms with Gasteiger partial charge >= 0.3 is 0 Å². The maximum Gasteiger partial charge on any atom is 0.221 e. The fourth-order valence-corrected chi connectivity index (χ4v) is 2.27. The van der Waals surface area contributed by atoms with Crippen molar-refractivity contribution in [3.8, 4) is 11.6 Å². The van der Waals surface area contributed by atoms with Crippen LogP contribution in [0.4, 0.5) is 0 Å². The molecule has 1 atom stereocenters. The van der Waals surface area contributed by atoms with Gasteiger partial charge in [-0.2, -0.15) is 5.10 Å². The highest BCUT2D eigenvalue weighted by Crippen LogP contribution is 2.28. The third kappa shape index (κ3) is 3.20. The topological polar surface area (TPSA) is 53.1 Å². The predicted octanol–water partition coefficient (Wildman–Crippen LogP) is 2.97. The van der Waals surface area contributed by atoms with E-state index in [-0.39, 0.29) is 6.04 Å². The molecule has 0 fully saturated rings. The van der Waals surface area contributed by atoms with Gasteiger partial charge in [0.25, 0.3) is 0 Å². The molecule has 0 aliphatic carbocycles. The monoisotopic (exact) mass is 273 g/mol. The molecular weight excluding hydrogens is 250 g/mol. The smallest absolute Gasteiger partial charge is 0.221 e. The normalized spacial score (nSPS) is 12.4. The van der Waals surface area contributed by atoms with Crippen LogP contribution in [0.15, 0.2) is 24.3 Å². The number of aryl methyl sites for hydroxylation is 3. The molecule has 0 spiro atoms. The minimum atomic E-state index is 0.0858. The molecule has 0 bridgehead atoms. The number of rotatable bonds is 5. The summed E-state index contributed by atoms with van der Waals surface area (Å²) in [4.78, 5) is 0. The highest BCUT2D eigenvalue weighted by molar-refractivity contribution is 5.37. The molecule has 2 N–H and O–H groups in total. The molecule has 108 valence electrons. The van der Waals surface area contributed by atoms with E-state index in [1.807, 2.05) is 33.0 Å². The second-order valence-corrected chi connectivity index (χ2v) is 5.27. The molecule has 1 unspecified atom stereocenters. The maximum atomic E-state index is 6.01. The lowest BCUT2D eigenvalue weighted by molar-refractivity contribution is 0.424. The number of benzene rings is 1. The van der Waals surface area contributed by atoms with Gasteiger partial charge in [-0.15, -0.1) is 0 Å². The Balaban J connectivity index is 2.27. The molecule has 1 aromatic heterocycles. The van der Waals surface area contributed by atoms with Gasteiger partial charge in [0, 0.05) is 18.7 Å². The summed E-state index contributed by atoms with van der Waals surface area (Å²) in [6, 6.07) is 8.25. The summed E-state index contributed by atoms with van der Waals surface area (Å²) in [6.45, 7) is 6.12. The molecule has 1 heterocycles. The van der Waals surface area contributed by atoms with Gasteiger partial charge in [0.05, 0.1) is 5.69 Å². The van der Waals surface area contributed by atoms with Gasteiger partial charge in [0.2, 0.25) is 5.88 Å². The quantitative estimate of drug-likeness (QED) is 0.911. The minimum absolute atomic E-state index is 0.0858. The average Bonchev–Trinajstić information content (AvgIpc) is 2.66. The summed E-state index contributed by atoms with van der Waals surface area (Å²) in [5, 5.41) is 4.43. The van der Waals surface area contributed by atoms with E-state index < -0.39 is 0 Å². The van der Waals surface area contributed by atoms with Crippen LogP contribution in [0.3, 0.4) is 0 Å². The zero-order chi connectivity index (χ0) is 14.7. The number of aromatic nitrogens is 2.